The Morgan fingerprint density at radius 3 is 2.15 bits per heavy atom. The third kappa shape index (κ3) is 4.78. The van der Waals surface area contributed by atoms with Crippen molar-refractivity contribution < 1.29 is 19.1 Å². The van der Waals surface area contributed by atoms with E-state index in [4.69, 9.17) is 9.47 Å². The fourth-order valence-electron chi connectivity index (χ4n) is 2.84. The van der Waals surface area contributed by atoms with Crippen molar-refractivity contribution in [3.8, 4) is 11.5 Å². The lowest BCUT2D eigenvalue weighted by Gasteiger charge is -2.26. The van der Waals surface area contributed by atoms with Crippen molar-refractivity contribution >= 4 is 11.8 Å². The smallest absolute Gasteiger partial charge is 0.252 e. The van der Waals surface area contributed by atoms with E-state index in [-0.39, 0.29) is 11.8 Å². The van der Waals surface area contributed by atoms with Crippen LogP contribution in [0.2, 0.25) is 0 Å². The summed E-state index contributed by atoms with van der Waals surface area (Å²) in [6.07, 6.45) is 0. The number of nitrogens with one attached hydrogen (secondary N) is 1. The van der Waals surface area contributed by atoms with Crippen molar-refractivity contribution in [1.29, 1.82) is 0 Å². The average molecular weight is 370 g/mol. The molecule has 0 aliphatic rings. The Hall–Kier alpha value is -3.02. The molecule has 1 atom stereocenters. The fraction of sp³-hybridized carbons (Fsp3) is 0.333. The normalized spacial score (nSPS) is 11.4. The number of ether oxygens (including phenoxy) is 2. The van der Waals surface area contributed by atoms with Gasteiger partial charge in [0, 0.05) is 18.7 Å². The van der Waals surface area contributed by atoms with Gasteiger partial charge in [-0.25, -0.2) is 0 Å². The number of carbonyl (C=O) groups is 2. The highest BCUT2D eigenvalue weighted by molar-refractivity contribution is 5.98. The van der Waals surface area contributed by atoms with Crippen LogP contribution in [0.5, 0.6) is 11.5 Å². The van der Waals surface area contributed by atoms with Gasteiger partial charge in [-0.05, 0) is 37.6 Å². The maximum atomic E-state index is 13.0. The first-order valence-electron chi connectivity index (χ1n) is 8.92. The Kier molecular flexibility index (Phi) is 7.23. The number of hydrogen-bond acceptors (Lipinski definition) is 4. The van der Waals surface area contributed by atoms with Crippen molar-refractivity contribution in [2.45, 2.75) is 19.9 Å². The van der Waals surface area contributed by atoms with E-state index in [1.165, 1.54) is 14.2 Å². The maximum absolute atomic E-state index is 13.0. The van der Waals surface area contributed by atoms with Gasteiger partial charge in [0.25, 0.3) is 5.91 Å². The molecule has 0 heterocycles. The van der Waals surface area contributed by atoms with Crippen LogP contribution in [0.4, 0.5) is 0 Å². The number of likely N-dealkylation sites (N-methyl/N-ethyl adjacent to an activating group) is 1. The molecule has 0 aliphatic carbocycles. The number of amides is 2. The molecule has 0 fully saturated rings. The molecule has 0 aromatic heterocycles. The molecule has 0 aliphatic heterocycles. The van der Waals surface area contributed by atoms with E-state index in [1.807, 2.05) is 44.2 Å². The monoisotopic (exact) mass is 370 g/mol. The molecule has 2 rings (SSSR count). The quantitative estimate of drug-likeness (QED) is 0.776. The highest BCUT2D eigenvalue weighted by Gasteiger charge is 2.26. The van der Waals surface area contributed by atoms with Gasteiger partial charge in [-0.2, -0.15) is 0 Å². The molecule has 6 nitrogen and oxygen atoms in total. The molecule has 2 aromatic carbocycles. The van der Waals surface area contributed by atoms with Gasteiger partial charge >= 0.3 is 0 Å². The van der Waals surface area contributed by atoms with Crippen LogP contribution in [0.25, 0.3) is 0 Å². The van der Waals surface area contributed by atoms with Crippen molar-refractivity contribution in [3.05, 3.63) is 59.7 Å². The van der Waals surface area contributed by atoms with Gasteiger partial charge in [-0.15, -0.1) is 0 Å². The summed E-state index contributed by atoms with van der Waals surface area (Å²) in [5.41, 5.74) is 1.13. The summed E-state index contributed by atoms with van der Waals surface area (Å²) >= 11 is 0. The van der Waals surface area contributed by atoms with Crippen LogP contribution >= 0.6 is 0 Å². The van der Waals surface area contributed by atoms with E-state index in [0.717, 1.165) is 5.56 Å². The Bertz CT molecular complexity index is 773. The summed E-state index contributed by atoms with van der Waals surface area (Å²) in [7, 11) is 3.04. The van der Waals surface area contributed by atoms with Crippen LogP contribution in [-0.2, 0) is 4.79 Å². The molecule has 0 unspecified atom stereocenters. The second-order valence-electron chi connectivity index (χ2n) is 5.90. The maximum Gasteiger partial charge on any atom is 0.252 e. The van der Waals surface area contributed by atoms with Crippen LogP contribution < -0.4 is 14.8 Å². The van der Waals surface area contributed by atoms with Crippen LogP contribution in [0.3, 0.4) is 0 Å². The van der Waals surface area contributed by atoms with Crippen LogP contribution in [-0.4, -0.2) is 44.0 Å². The molecule has 27 heavy (non-hydrogen) atoms. The van der Waals surface area contributed by atoms with Crippen molar-refractivity contribution in [2.75, 3.05) is 27.3 Å². The van der Waals surface area contributed by atoms with E-state index >= 15 is 0 Å². The molecule has 6 heteroatoms. The standard InChI is InChI=1S/C21H26N2O4/c1-5-23(6-2)21(25)19(15-10-8-7-9-11-15)22-20(24)16-12-13-17(26-3)18(14-16)27-4/h7-14,19H,5-6H2,1-4H3,(H,22,24)/t19-/m0/s1. The molecule has 2 amide bonds. The van der Waals surface area contributed by atoms with Gasteiger partial charge in [0.05, 0.1) is 14.2 Å². The van der Waals surface area contributed by atoms with Gasteiger partial charge < -0.3 is 19.7 Å². The Morgan fingerprint density at radius 1 is 0.963 bits per heavy atom. The molecule has 0 spiro atoms. The molecule has 2 aromatic rings. The average Bonchev–Trinajstić information content (AvgIpc) is 2.72. The lowest BCUT2D eigenvalue weighted by molar-refractivity contribution is -0.133. The van der Waals surface area contributed by atoms with Gasteiger partial charge in [-0.1, -0.05) is 30.3 Å². The molecular formula is C21H26N2O4. The van der Waals surface area contributed by atoms with Gasteiger partial charge in [0.1, 0.15) is 6.04 Å². The molecule has 1 N–H and O–H groups in total. The lowest BCUT2D eigenvalue weighted by atomic mass is 10.0. The zero-order valence-corrected chi connectivity index (χ0v) is 16.2. The zero-order valence-electron chi connectivity index (χ0n) is 16.2. The minimum Gasteiger partial charge on any atom is -0.493 e. The second-order valence-corrected chi connectivity index (χ2v) is 5.90. The topological polar surface area (TPSA) is 67.9 Å². The summed E-state index contributed by atoms with van der Waals surface area (Å²) in [5, 5.41) is 2.86. The van der Waals surface area contributed by atoms with Crippen molar-refractivity contribution in [3.63, 3.8) is 0 Å². The number of carbonyl (C=O) groups excluding carboxylic acids is 2. The first kappa shape index (κ1) is 20.3. The van der Waals surface area contributed by atoms with Crippen LogP contribution in [0.1, 0.15) is 35.8 Å². The molecule has 144 valence electrons. The molecular weight excluding hydrogens is 344 g/mol. The molecule has 0 bridgehead atoms. The van der Waals surface area contributed by atoms with Crippen LogP contribution in [0.15, 0.2) is 48.5 Å². The zero-order chi connectivity index (χ0) is 19.8. The summed E-state index contributed by atoms with van der Waals surface area (Å²) in [4.78, 5) is 27.5. The third-order valence-electron chi connectivity index (χ3n) is 4.38. The minimum atomic E-state index is -0.758. The van der Waals surface area contributed by atoms with Gasteiger partial charge in [-0.3, -0.25) is 9.59 Å². The van der Waals surface area contributed by atoms with Gasteiger partial charge in [0.2, 0.25) is 5.91 Å². The largest absolute Gasteiger partial charge is 0.493 e. The predicted octanol–water partition coefficient (Wildman–Crippen LogP) is 3.04. The predicted molar refractivity (Wildman–Crippen MR) is 104 cm³/mol. The van der Waals surface area contributed by atoms with E-state index in [9.17, 15) is 9.59 Å². The summed E-state index contributed by atoms with van der Waals surface area (Å²) < 4.78 is 10.5. The van der Waals surface area contributed by atoms with E-state index in [0.29, 0.717) is 30.2 Å². The van der Waals surface area contributed by atoms with Crippen LogP contribution in [0, 0.1) is 0 Å². The lowest BCUT2D eigenvalue weighted by Crippen LogP contribution is -2.42. The molecule has 0 radical (unpaired) electrons. The number of benzene rings is 2. The highest BCUT2D eigenvalue weighted by atomic mass is 16.5. The first-order valence-corrected chi connectivity index (χ1v) is 8.92. The Labute approximate surface area is 160 Å². The summed E-state index contributed by atoms with van der Waals surface area (Å²) in [6, 6.07) is 13.4. The van der Waals surface area contributed by atoms with E-state index in [1.54, 1.807) is 23.1 Å². The number of hydrogen-bond donors (Lipinski definition) is 1. The van der Waals surface area contributed by atoms with Crippen molar-refractivity contribution in [1.82, 2.24) is 10.2 Å². The fourth-order valence-corrected chi connectivity index (χ4v) is 2.84. The van der Waals surface area contributed by atoms with Crippen molar-refractivity contribution in [2.24, 2.45) is 0 Å². The molecule has 0 saturated heterocycles. The van der Waals surface area contributed by atoms with E-state index < -0.39 is 6.04 Å². The number of methoxy groups -OCH3 is 2. The molecule has 0 saturated carbocycles. The first-order chi connectivity index (χ1) is 13.0. The second kappa shape index (κ2) is 9.62. The third-order valence-corrected chi connectivity index (χ3v) is 4.38. The van der Waals surface area contributed by atoms with Gasteiger partial charge in [0.15, 0.2) is 11.5 Å². The SMILES string of the molecule is CCN(CC)C(=O)[C@@H](NC(=O)c1ccc(OC)c(OC)c1)c1ccccc1. The van der Waals surface area contributed by atoms with E-state index in [2.05, 4.69) is 5.32 Å². The number of rotatable bonds is 8. The number of nitrogens with zero attached hydrogens (tertiary/aromatic N) is 1. The Balaban J connectivity index is 2.32. The summed E-state index contributed by atoms with van der Waals surface area (Å²) in [5.74, 6) is 0.495. The summed E-state index contributed by atoms with van der Waals surface area (Å²) in [6.45, 7) is 4.98. The minimum absolute atomic E-state index is 0.139. The highest BCUT2D eigenvalue weighted by Crippen LogP contribution is 2.28. The Morgan fingerprint density at radius 2 is 1.59 bits per heavy atom.